The van der Waals surface area contributed by atoms with Gasteiger partial charge in [0.05, 0.1) is 0 Å². The molecule has 0 unspecified atom stereocenters. The molecule has 1 aliphatic carbocycles. The summed E-state index contributed by atoms with van der Waals surface area (Å²) in [5.74, 6) is 2.64. The molecule has 0 bridgehead atoms. The largest absolute Gasteiger partial charge is 0.373 e. The topological polar surface area (TPSA) is 37.0 Å². The fourth-order valence-electron chi connectivity index (χ4n) is 2.06. The second-order valence-corrected chi connectivity index (χ2v) is 5.03. The van der Waals surface area contributed by atoms with Crippen LogP contribution in [-0.4, -0.2) is 18.6 Å². The fourth-order valence-corrected chi connectivity index (χ4v) is 2.06. The van der Waals surface area contributed by atoms with Gasteiger partial charge in [-0.2, -0.15) is 0 Å². The van der Waals surface area contributed by atoms with E-state index in [0.29, 0.717) is 5.41 Å². The summed E-state index contributed by atoms with van der Waals surface area (Å²) in [4.78, 5) is 4.46. The van der Waals surface area contributed by atoms with Crippen molar-refractivity contribution in [1.29, 1.82) is 0 Å². The summed E-state index contributed by atoms with van der Waals surface area (Å²) in [7, 11) is 1.89. The molecule has 0 aromatic carbocycles. The standard InChI is InChI=1S/C13H21N3/c1-10(2)13(7-8-13)9-15-12-6-4-5-11(14-3)16-12/h4-6,10H,7-9H2,1-3H3,(H2,14,15,16). The SMILES string of the molecule is CNc1cccc(NCC2(C(C)C)CC2)n1. The highest BCUT2D eigenvalue weighted by atomic mass is 15.1. The molecule has 1 heterocycles. The summed E-state index contributed by atoms with van der Waals surface area (Å²) in [6.07, 6.45) is 2.70. The van der Waals surface area contributed by atoms with E-state index in [9.17, 15) is 0 Å². The highest BCUT2D eigenvalue weighted by Gasteiger charge is 2.44. The first-order valence-corrected chi connectivity index (χ1v) is 6.05. The number of anilines is 2. The molecule has 0 saturated heterocycles. The second-order valence-electron chi connectivity index (χ2n) is 5.03. The predicted octanol–water partition coefficient (Wildman–Crippen LogP) is 2.97. The van der Waals surface area contributed by atoms with Gasteiger partial charge in [0.15, 0.2) is 0 Å². The van der Waals surface area contributed by atoms with Crippen LogP contribution in [0.5, 0.6) is 0 Å². The van der Waals surface area contributed by atoms with Gasteiger partial charge in [-0.3, -0.25) is 0 Å². The maximum absolute atomic E-state index is 4.46. The van der Waals surface area contributed by atoms with Crippen molar-refractivity contribution in [1.82, 2.24) is 4.98 Å². The average Bonchev–Trinajstić information content (AvgIpc) is 3.08. The molecule has 1 aromatic rings. The normalized spacial score (nSPS) is 17.2. The van der Waals surface area contributed by atoms with Crippen LogP contribution < -0.4 is 10.6 Å². The molecule has 2 N–H and O–H groups in total. The van der Waals surface area contributed by atoms with Crippen LogP contribution in [-0.2, 0) is 0 Å². The summed E-state index contributed by atoms with van der Waals surface area (Å²) >= 11 is 0. The van der Waals surface area contributed by atoms with Crippen molar-refractivity contribution in [3.05, 3.63) is 18.2 Å². The third-order valence-corrected chi connectivity index (χ3v) is 3.74. The van der Waals surface area contributed by atoms with Crippen LogP contribution in [0.4, 0.5) is 11.6 Å². The van der Waals surface area contributed by atoms with E-state index in [4.69, 9.17) is 0 Å². The molecule has 3 nitrogen and oxygen atoms in total. The van der Waals surface area contributed by atoms with Gasteiger partial charge >= 0.3 is 0 Å². The van der Waals surface area contributed by atoms with Crippen LogP contribution in [0.15, 0.2) is 18.2 Å². The van der Waals surface area contributed by atoms with Gasteiger partial charge < -0.3 is 10.6 Å². The van der Waals surface area contributed by atoms with E-state index in [1.165, 1.54) is 12.8 Å². The van der Waals surface area contributed by atoms with Gasteiger partial charge in [0.25, 0.3) is 0 Å². The Morgan fingerprint density at radius 2 is 2.00 bits per heavy atom. The van der Waals surface area contributed by atoms with E-state index in [-0.39, 0.29) is 0 Å². The molecule has 2 rings (SSSR count). The summed E-state index contributed by atoms with van der Waals surface area (Å²) in [5, 5.41) is 6.50. The van der Waals surface area contributed by atoms with Crippen molar-refractivity contribution < 1.29 is 0 Å². The Hall–Kier alpha value is -1.25. The van der Waals surface area contributed by atoms with E-state index in [2.05, 4.69) is 29.5 Å². The van der Waals surface area contributed by atoms with Crippen LogP contribution in [0, 0.1) is 11.3 Å². The zero-order valence-electron chi connectivity index (χ0n) is 10.4. The summed E-state index contributed by atoms with van der Waals surface area (Å²) in [6, 6.07) is 6.02. The number of nitrogens with one attached hydrogen (secondary N) is 2. The number of hydrogen-bond donors (Lipinski definition) is 2. The van der Waals surface area contributed by atoms with Gasteiger partial charge in [0, 0.05) is 13.6 Å². The van der Waals surface area contributed by atoms with E-state index >= 15 is 0 Å². The predicted molar refractivity (Wildman–Crippen MR) is 68.8 cm³/mol. The van der Waals surface area contributed by atoms with Crippen molar-refractivity contribution in [2.24, 2.45) is 11.3 Å². The number of hydrogen-bond acceptors (Lipinski definition) is 3. The molecule has 0 amide bonds. The summed E-state index contributed by atoms with van der Waals surface area (Å²) in [6.45, 7) is 5.67. The van der Waals surface area contributed by atoms with Crippen LogP contribution in [0.1, 0.15) is 26.7 Å². The number of aromatic nitrogens is 1. The minimum Gasteiger partial charge on any atom is -0.373 e. The van der Waals surface area contributed by atoms with Gasteiger partial charge in [-0.25, -0.2) is 4.98 Å². The van der Waals surface area contributed by atoms with Crippen molar-refractivity contribution in [3.63, 3.8) is 0 Å². The Balaban J connectivity index is 1.94. The number of nitrogens with zero attached hydrogens (tertiary/aromatic N) is 1. The van der Waals surface area contributed by atoms with Crippen molar-refractivity contribution in [2.75, 3.05) is 24.2 Å². The molecule has 0 atom stereocenters. The molecule has 1 saturated carbocycles. The first-order valence-electron chi connectivity index (χ1n) is 6.05. The zero-order chi connectivity index (χ0) is 11.6. The van der Waals surface area contributed by atoms with Gasteiger partial charge in [-0.15, -0.1) is 0 Å². The highest BCUT2D eigenvalue weighted by molar-refractivity contribution is 5.44. The smallest absolute Gasteiger partial charge is 0.128 e. The van der Waals surface area contributed by atoms with Gasteiger partial charge in [0.1, 0.15) is 11.6 Å². The fraction of sp³-hybridized carbons (Fsp3) is 0.615. The maximum atomic E-state index is 4.46. The van der Waals surface area contributed by atoms with Crippen LogP contribution >= 0.6 is 0 Å². The molecule has 3 heteroatoms. The van der Waals surface area contributed by atoms with Crippen molar-refractivity contribution in [2.45, 2.75) is 26.7 Å². The molecule has 0 aliphatic heterocycles. The summed E-state index contributed by atoms with van der Waals surface area (Å²) in [5.41, 5.74) is 0.525. The second kappa shape index (κ2) is 4.32. The van der Waals surface area contributed by atoms with E-state index in [0.717, 1.165) is 24.1 Å². The lowest BCUT2D eigenvalue weighted by molar-refractivity contribution is 0.380. The number of rotatable bonds is 5. The summed E-state index contributed by atoms with van der Waals surface area (Å²) < 4.78 is 0. The lowest BCUT2D eigenvalue weighted by atomic mass is 9.92. The molecule has 0 spiro atoms. The van der Waals surface area contributed by atoms with Crippen LogP contribution in [0.3, 0.4) is 0 Å². The van der Waals surface area contributed by atoms with Crippen molar-refractivity contribution >= 4 is 11.6 Å². The van der Waals surface area contributed by atoms with Gasteiger partial charge in [-0.1, -0.05) is 19.9 Å². The highest BCUT2D eigenvalue weighted by Crippen LogP contribution is 2.51. The van der Waals surface area contributed by atoms with E-state index < -0.39 is 0 Å². The third-order valence-electron chi connectivity index (χ3n) is 3.74. The minimum absolute atomic E-state index is 0.525. The Morgan fingerprint density at radius 1 is 1.31 bits per heavy atom. The maximum Gasteiger partial charge on any atom is 0.128 e. The molecule has 88 valence electrons. The lowest BCUT2D eigenvalue weighted by Crippen LogP contribution is -2.21. The molecule has 16 heavy (non-hydrogen) atoms. The molecule has 1 fully saturated rings. The van der Waals surface area contributed by atoms with E-state index in [1.54, 1.807) is 0 Å². The molecule has 1 aliphatic rings. The molecular formula is C13H21N3. The quantitative estimate of drug-likeness (QED) is 0.799. The molecule has 1 aromatic heterocycles. The van der Waals surface area contributed by atoms with Crippen LogP contribution in [0.2, 0.25) is 0 Å². The Labute approximate surface area is 97.7 Å². The average molecular weight is 219 g/mol. The van der Waals surface area contributed by atoms with Crippen molar-refractivity contribution in [3.8, 4) is 0 Å². The first kappa shape index (κ1) is 11.2. The Morgan fingerprint density at radius 3 is 2.56 bits per heavy atom. The lowest BCUT2D eigenvalue weighted by Gasteiger charge is -2.20. The van der Waals surface area contributed by atoms with Gasteiger partial charge in [0.2, 0.25) is 0 Å². The number of pyridine rings is 1. The third kappa shape index (κ3) is 2.29. The first-order chi connectivity index (χ1) is 7.66. The van der Waals surface area contributed by atoms with Crippen LogP contribution in [0.25, 0.3) is 0 Å². The zero-order valence-corrected chi connectivity index (χ0v) is 10.4. The van der Waals surface area contributed by atoms with E-state index in [1.807, 2.05) is 25.2 Å². The monoisotopic (exact) mass is 219 g/mol. The Kier molecular flexibility index (Phi) is 3.03. The van der Waals surface area contributed by atoms with Gasteiger partial charge in [-0.05, 0) is 36.3 Å². The Bertz CT molecular complexity index is 356. The molecular weight excluding hydrogens is 198 g/mol. The minimum atomic E-state index is 0.525. The molecule has 0 radical (unpaired) electrons.